The van der Waals surface area contributed by atoms with Crippen molar-refractivity contribution in [3.63, 3.8) is 0 Å². The molecule has 2 aromatic heterocycles. The Morgan fingerprint density at radius 2 is 1.09 bits per heavy atom. The van der Waals surface area contributed by atoms with Gasteiger partial charge < -0.3 is 40.1 Å². The lowest BCUT2D eigenvalue weighted by Gasteiger charge is -2.27. The highest BCUT2D eigenvalue weighted by Gasteiger charge is 2.50. The monoisotopic (exact) mass is 500 g/mol. The van der Waals surface area contributed by atoms with Crippen LogP contribution in [0.4, 0.5) is 0 Å². The number of aromatic amines is 2. The number of H-pyrrole nitrogens is 2. The molecule has 0 spiro atoms. The molecule has 16 heteroatoms. The van der Waals surface area contributed by atoms with Crippen LogP contribution in [0.1, 0.15) is 18.9 Å². The van der Waals surface area contributed by atoms with Gasteiger partial charge in [-0.3, -0.25) is 28.7 Å². The first-order chi connectivity index (χ1) is 16.5. The molecule has 16 nitrogen and oxygen atoms in total. The van der Waals surface area contributed by atoms with Gasteiger partial charge in [-0.05, 0) is 0 Å². The minimum absolute atomic E-state index is 0.580. The average Bonchev–Trinajstić information content (AvgIpc) is 3.25. The van der Waals surface area contributed by atoms with E-state index in [1.165, 1.54) is 0 Å². The molecule has 0 amide bonds. The van der Waals surface area contributed by atoms with Gasteiger partial charge in [0.05, 0.1) is 12.2 Å². The molecule has 2 aliphatic rings. The minimum Gasteiger partial charge on any atom is -0.390 e. The van der Waals surface area contributed by atoms with Crippen molar-refractivity contribution >= 4 is 0 Å². The average molecular weight is 500 g/mol. The van der Waals surface area contributed by atoms with Crippen LogP contribution in [0, 0.1) is 0 Å². The lowest BCUT2D eigenvalue weighted by atomic mass is 9.96. The van der Waals surface area contributed by atoms with Crippen LogP contribution in [-0.2, 0) is 9.47 Å². The fourth-order valence-corrected chi connectivity index (χ4v) is 4.24. The van der Waals surface area contributed by atoms with Crippen molar-refractivity contribution in [3.8, 4) is 0 Å². The lowest BCUT2D eigenvalue weighted by molar-refractivity contribution is -0.124. The molecular formula is C19H24N4O12. The van der Waals surface area contributed by atoms with Gasteiger partial charge in [-0.15, -0.1) is 0 Å². The quantitative estimate of drug-likeness (QED) is 0.185. The highest BCUT2D eigenvalue weighted by molar-refractivity contribution is 4.99. The second kappa shape index (κ2) is 9.59. The third-order valence-electron chi connectivity index (χ3n) is 6.04. The van der Waals surface area contributed by atoms with Crippen molar-refractivity contribution in [1.29, 1.82) is 0 Å². The van der Waals surface area contributed by atoms with Crippen molar-refractivity contribution in [1.82, 2.24) is 19.1 Å². The fraction of sp³-hybridized carbons (Fsp3) is 0.579. The SMILES string of the molecule is O=c1ccn([C@@H]2O[C@H](C(O)CC(O)[C@H]3O[C@@H](n4ccc(=O)[nH]c4=O)[C@H](O)[C@@H]3O)[C@@H](O)[C@H]2O)c(=O)[nH]1. The van der Waals surface area contributed by atoms with Crippen LogP contribution >= 0.6 is 0 Å². The van der Waals surface area contributed by atoms with E-state index in [9.17, 15) is 49.8 Å². The van der Waals surface area contributed by atoms with Crippen molar-refractivity contribution in [3.05, 3.63) is 66.2 Å². The number of nitrogens with zero attached hydrogens (tertiary/aromatic N) is 2. The maximum atomic E-state index is 12.0. The number of nitrogens with one attached hydrogen (secondary N) is 2. The number of rotatable bonds is 6. The van der Waals surface area contributed by atoms with Crippen LogP contribution in [-0.4, -0.2) is 98.6 Å². The number of hydrogen-bond donors (Lipinski definition) is 8. The maximum Gasteiger partial charge on any atom is 0.330 e. The topological polar surface area (TPSA) is 250 Å². The largest absolute Gasteiger partial charge is 0.390 e. The standard InChI is InChI=1S/C19H24N4O12/c24-6(14-10(28)12(30)16(34-14)22-3-1-8(26)20-18(22)32)5-7(25)15-11(29)13(31)17(35-15)23-4-2-9(27)21-19(23)33/h1-4,6-7,10-17,24-25,28-31H,5H2,(H,20,26,32)(H,21,27,33)/t6?,7?,10-,11-,12+,13+,14+,15+,16+,17+/m0/s1. The molecule has 10 atom stereocenters. The van der Waals surface area contributed by atoms with Crippen molar-refractivity contribution in [2.75, 3.05) is 0 Å². The van der Waals surface area contributed by atoms with Gasteiger partial charge in [0.15, 0.2) is 12.5 Å². The van der Waals surface area contributed by atoms with Gasteiger partial charge in [0.25, 0.3) is 11.1 Å². The molecule has 0 aliphatic carbocycles. The smallest absolute Gasteiger partial charge is 0.330 e. The first kappa shape index (κ1) is 25.1. The predicted octanol–water partition coefficient (Wildman–Crippen LogP) is -5.56. The van der Waals surface area contributed by atoms with E-state index in [2.05, 4.69) is 0 Å². The van der Waals surface area contributed by atoms with Crippen LogP contribution in [0.15, 0.2) is 43.7 Å². The molecule has 0 bridgehead atoms. The molecular weight excluding hydrogens is 476 g/mol. The highest BCUT2D eigenvalue weighted by Crippen LogP contribution is 2.34. The Morgan fingerprint density at radius 3 is 1.43 bits per heavy atom. The van der Waals surface area contributed by atoms with Gasteiger partial charge in [0.2, 0.25) is 0 Å². The summed E-state index contributed by atoms with van der Waals surface area (Å²) in [4.78, 5) is 50.4. The number of aliphatic hydroxyl groups is 6. The van der Waals surface area contributed by atoms with Crippen LogP contribution < -0.4 is 22.5 Å². The van der Waals surface area contributed by atoms with E-state index < -0.39 is 90.2 Å². The number of ether oxygens (including phenoxy) is 2. The van der Waals surface area contributed by atoms with Gasteiger partial charge in [-0.2, -0.15) is 0 Å². The maximum absolute atomic E-state index is 12.0. The van der Waals surface area contributed by atoms with Crippen LogP contribution in [0.5, 0.6) is 0 Å². The summed E-state index contributed by atoms with van der Waals surface area (Å²) in [5.41, 5.74) is -3.25. The molecule has 35 heavy (non-hydrogen) atoms. The summed E-state index contributed by atoms with van der Waals surface area (Å²) in [7, 11) is 0. The Hall–Kier alpha value is -2.96. The van der Waals surface area contributed by atoms with Crippen molar-refractivity contribution < 1.29 is 40.1 Å². The number of aliphatic hydroxyl groups excluding tert-OH is 6. The zero-order valence-electron chi connectivity index (χ0n) is 17.8. The number of hydrogen-bond acceptors (Lipinski definition) is 12. The summed E-state index contributed by atoms with van der Waals surface area (Å²) in [6.07, 6.45) is -14.5. The summed E-state index contributed by atoms with van der Waals surface area (Å²) in [5.74, 6) is 0. The highest BCUT2D eigenvalue weighted by atomic mass is 16.6. The second-order valence-corrected chi connectivity index (χ2v) is 8.35. The lowest BCUT2D eigenvalue weighted by Crippen LogP contribution is -2.45. The van der Waals surface area contributed by atoms with Gasteiger partial charge in [-0.1, -0.05) is 0 Å². The Kier molecular flexibility index (Phi) is 6.89. The normalized spacial score (nSPS) is 34.7. The molecule has 0 radical (unpaired) electrons. The molecule has 2 fully saturated rings. The van der Waals surface area contributed by atoms with E-state index in [-0.39, 0.29) is 0 Å². The Bertz CT molecular complexity index is 1190. The zero-order chi connectivity index (χ0) is 25.6. The van der Waals surface area contributed by atoms with Crippen LogP contribution in [0.3, 0.4) is 0 Å². The minimum atomic E-state index is -1.70. The zero-order valence-corrected chi connectivity index (χ0v) is 17.8. The summed E-state index contributed by atoms with van der Waals surface area (Å²) >= 11 is 0. The molecule has 2 aromatic rings. The molecule has 2 aliphatic heterocycles. The molecule has 0 saturated carbocycles. The van der Waals surface area contributed by atoms with E-state index in [4.69, 9.17) is 9.47 Å². The number of aromatic nitrogens is 4. The van der Waals surface area contributed by atoms with E-state index in [0.29, 0.717) is 0 Å². The van der Waals surface area contributed by atoms with Gasteiger partial charge in [0, 0.05) is 30.9 Å². The van der Waals surface area contributed by atoms with Crippen LogP contribution in [0.2, 0.25) is 0 Å². The first-order valence-corrected chi connectivity index (χ1v) is 10.5. The van der Waals surface area contributed by atoms with Gasteiger partial charge in [0.1, 0.15) is 36.6 Å². The molecule has 4 heterocycles. The van der Waals surface area contributed by atoms with E-state index in [1.54, 1.807) is 0 Å². The summed E-state index contributed by atoms with van der Waals surface area (Å²) in [6.45, 7) is 0. The summed E-state index contributed by atoms with van der Waals surface area (Å²) in [5, 5.41) is 62.4. The van der Waals surface area contributed by atoms with Gasteiger partial charge >= 0.3 is 11.4 Å². The summed E-state index contributed by atoms with van der Waals surface area (Å²) in [6, 6.07) is 1.98. The Morgan fingerprint density at radius 1 is 0.714 bits per heavy atom. The molecule has 8 N–H and O–H groups in total. The first-order valence-electron chi connectivity index (χ1n) is 10.5. The van der Waals surface area contributed by atoms with E-state index in [0.717, 1.165) is 33.7 Å². The van der Waals surface area contributed by atoms with E-state index >= 15 is 0 Å². The van der Waals surface area contributed by atoms with Crippen molar-refractivity contribution in [2.24, 2.45) is 0 Å². The Balaban J connectivity index is 1.46. The molecule has 0 aromatic carbocycles. The predicted molar refractivity (Wildman–Crippen MR) is 111 cm³/mol. The van der Waals surface area contributed by atoms with Crippen LogP contribution in [0.25, 0.3) is 0 Å². The third-order valence-corrected chi connectivity index (χ3v) is 6.04. The molecule has 2 unspecified atom stereocenters. The second-order valence-electron chi connectivity index (χ2n) is 8.35. The summed E-state index contributed by atoms with van der Waals surface area (Å²) < 4.78 is 12.5. The fourth-order valence-electron chi connectivity index (χ4n) is 4.24. The van der Waals surface area contributed by atoms with E-state index in [1.807, 2.05) is 9.97 Å². The third kappa shape index (κ3) is 4.65. The van der Waals surface area contributed by atoms with Crippen molar-refractivity contribution in [2.45, 2.75) is 67.7 Å². The molecule has 4 rings (SSSR count). The van der Waals surface area contributed by atoms with Gasteiger partial charge in [-0.25, -0.2) is 9.59 Å². The Labute approximate surface area is 193 Å². The molecule has 192 valence electrons. The molecule has 2 saturated heterocycles.